The highest BCUT2D eigenvalue weighted by atomic mass is 79.9. The summed E-state index contributed by atoms with van der Waals surface area (Å²) in [6.07, 6.45) is 0. The van der Waals surface area contributed by atoms with Gasteiger partial charge in [0.25, 0.3) is 0 Å². The molecule has 0 aliphatic carbocycles. The van der Waals surface area contributed by atoms with Crippen LogP contribution in [0, 0.1) is 6.92 Å². The Hall–Kier alpha value is -1.03. The fourth-order valence-electron chi connectivity index (χ4n) is 2.01. The van der Waals surface area contributed by atoms with E-state index in [-0.39, 0.29) is 6.04 Å². The van der Waals surface area contributed by atoms with Crippen LogP contribution in [-0.2, 0) is 0 Å². The summed E-state index contributed by atoms with van der Waals surface area (Å²) in [5, 5.41) is 0.666. The van der Waals surface area contributed by atoms with E-state index in [0.717, 1.165) is 26.9 Å². The largest absolute Gasteiger partial charge is 0.497 e. The predicted molar refractivity (Wildman–Crippen MR) is 82.9 cm³/mol. The van der Waals surface area contributed by atoms with Crippen LogP contribution in [0.25, 0.3) is 0 Å². The van der Waals surface area contributed by atoms with E-state index in [2.05, 4.69) is 15.9 Å². The molecular weight excluding hydrogens is 326 g/mol. The zero-order chi connectivity index (χ0) is 14.0. The molecule has 0 aromatic heterocycles. The van der Waals surface area contributed by atoms with Gasteiger partial charge in [-0.15, -0.1) is 0 Å². The van der Waals surface area contributed by atoms with Crippen molar-refractivity contribution in [2.24, 2.45) is 5.73 Å². The minimum absolute atomic E-state index is 0.198. The molecule has 19 heavy (non-hydrogen) atoms. The average Bonchev–Trinajstić information content (AvgIpc) is 2.41. The molecule has 0 aliphatic heterocycles. The quantitative estimate of drug-likeness (QED) is 0.895. The number of nitrogens with two attached hydrogens (primary N) is 1. The van der Waals surface area contributed by atoms with E-state index in [9.17, 15) is 0 Å². The summed E-state index contributed by atoms with van der Waals surface area (Å²) in [4.78, 5) is 0. The molecule has 0 radical (unpaired) electrons. The molecule has 4 heteroatoms. The molecule has 0 amide bonds. The summed E-state index contributed by atoms with van der Waals surface area (Å²) in [6.45, 7) is 2.03. The van der Waals surface area contributed by atoms with Gasteiger partial charge in [-0.05, 0) is 63.8 Å². The van der Waals surface area contributed by atoms with Crippen LogP contribution in [0.1, 0.15) is 22.7 Å². The molecule has 0 bridgehead atoms. The normalized spacial score (nSPS) is 12.3. The lowest BCUT2D eigenvalue weighted by Crippen LogP contribution is -2.13. The number of rotatable bonds is 3. The minimum Gasteiger partial charge on any atom is -0.497 e. The van der Waals surface area contributed by atoms with Crippen molar-refractivity contribution in [3.05, 3.63) is 62.6 Å². The number of halogens is 2. The SMILES string of the molecule is COc1ccc(C(N)c2ccc(Br)c(Cl)c2)c(C)c1. The van der Waals surface area contributed by atoms with Gasteiger partial charge in [0.15, 0.2) is 0 Å². The third kappa shape index (κ3) is 3.11. The molecule has 0 saturated heterocycles. The van der Waals surface area contributed by atoms with Crippen LogP contribution in [0.5, 0.6) is 5.75 Å². The van der Waals surface area contributed by atoms with E-state index in [4.69, 9.17) is 22.1 Å². The van der Waals surface area contributed by atoms with Crippen LogP contribution >= 0.6 is 27.5 Å². The molecule has 100 valence electrons. The number of hydrogen-bond donors (Lipinski definition) is 1. The van der Waals surface area contributed by atoms with Crippen molar-refractivity contribution < 1.29 is 4.74 Å². The second-order valence-corrected chi connectivity index (χ2v) is 5.64. The molecule has 0 spiro atoms. The molecule has 2 nitrogen and oxygen atoms in total. The van der Waals surface area contributed by atoms with Gasteiger partial charge >= 0.3 is 0 Å². The van der Waals surface area contributed by atoms with Crippen LogP contribution in [0.4, 0.5) is 0 Å². The van der Waals surface area contributed by atoms with Gasteiger partial charge in [-0.1, -0.05) is 23.7 Å². The van der Waals surface area contributed by atoms with E-state index in [1.807, 2.05) is 43.3 Å². The monoisotopic (exact) mass is 339 g/mol. The van der Waals surface area contributed by atoms with Gasteiger partial charge in [-0.25, -0.2) is 0 Å². The van der Waals surface area contributed by atoms with Crippen LogP contribution < -0.4 is 10.5 Å². The fraction of sp³-hybridized carbons (Fsp3) is 0.200. The highest BCUT2D eigenvalue weighted by Gasteiger charge is 2.13. The molecule has 2 aromatic carbocycles. The summed E-state index contributed by atoms with van der Waals surface area (Å²) in [6, 6.07) is 11.5. The third-order valence-corrected chi connectivity index (χ3v) is 4.35. The number of hydrogen-bond acceptors (Lipinski definition) is 2. The van der Waals surface area contributed by atoms with E-state index in [0.29, 0.717) is 5.02 Å². The van der Waals surface area contributed by atoms with Crippen LogP contribution in [0.2, 0.25) is 5.02 Å². The Bertz CT molecular complexity index is 601. The van der Waals surface area contributed by atoms with Crippen molar-refractivity contribution in [3.8, 4) is 5.75 Å². The van der Waals surface area contributed by atoms with Gasteiger partial charge in [0.05, 0.1) is 18.2 Å². The molecule has 1 unspecified atom stereocenters. The van der Waals surface area contributed by atoms with Gasteiger partial charge in [0.2, 0.25) is 0 Å². The topological polar surface area (TPSA) is 35.2 Å². The maximum Gasteiger partial charge on any atom is 0.119 e. The first-order valence-corrected chi connectivity index (χ1v) is 7.05. The van der Waals surface area contributed by atoms with Crippen LogP contribution in [0.15, 0.2) is 40.9 Å². The summed E-state index contributed by atoms with van der Waals surface area (Å²) >= 11 is 9.49. The zero-order valence-corrected chi connectivity index (χ0v) is 13.1. The Labute approximate surface area is 126 Å². The molecule has 0 fully saturated rings. The predicted octanol–water partition coefficient (Wildman–Crippen LogP) is 4.47. The number of methoxy groups -OCH3 is 1. The van der Waals surface area contributed by atoms with Crippen molar-refractivity contribution in [3.63, 3.8) is 0 Å². The summed E-state index contributed by atoms with van der Waals surface area (Å²) in [7, 11) is 1.66. The van der Waals surface area contributed by atoms with Crippen molar-refractivity contribution in [2.75, 3.05) is 7.11 Å². The molecule has 0 heterocycles. The number of benzene rings is 2. The Morgan fingerprint density at radius 1 is 1.21 bits per heavy atom. The Morgan fingerprint density at radius 2 is 1.95 bits per heavy atom. The third-order valence-electron chi connectivity index (χ3n) is 3.11. The van der Waals surface area contributed by atoms with Crippen molar-refractivity contribution >= 4 is 27.5 Å². The maximum absolute atomic E-state index is 6.31. The molecule has 2 N–H and O–H groups in total. The number of ether oxygens (including phenoxy) is 1. The lowest BCUT2D eigenvalue weighted by atomic mass is 9.96. The van der Waals surface area contributed by atoms with E-state index < -0.39 is 0 Å². The number of aryl methyl sites for hydroxylation is 1. The van der Waals surface area contributed by atoms with Gasteiger partial charge in [0.1, 0.15) is 5.75 Å². The first-order chi connectivity index (χ1) is 9.02. The van der Waals surface area contributed by atoms with Gasteiger partial charge in [0, 0.05) is 4.47 Å². The first-order valence-electron chi connectivity index (χ1n) is 5.88. The van der Waals surface area contributed by atoms with Crippen molar-refractivity contribution in [2.45, 2.75) is 13.0 Å². The standard InChI is InChI=1S/C15H15BrClNO/c1-9-7-11(19-2)4-5-12(9)15(18)10-3-6-13(16)14(17)8-10/h3-8,15H,18H2,1-2H3. The van der Waals surface area contributed by atoms with Gasteiger partial charge in [-0.2, -0.15) is 0 Å². The second-order valence-electron chi connectivity index (χ2n) is 4.37. The Balaban J connectivity index is 2.38. The summed E-state index contributed by atoms with van der Waals surface area (Å²) in [5.74, 6) is 0.835. The van der Waals surface area contributed by atoms with Gasteiger partial charge < -0.3 is 10.5 Å². The smallest absolute Gasteiger partial charge is 0.119 e. The highest BCUT2D eigenvalue weighted by Crippen LogP contribution is 2.30. The molecule has 2 rings (SSSR count). The highest BCUT2D eigenvalue weighted by molar-refractivity contribution is 9.10. The van der Waals surface area contributed by atoms with Crippen LogP contribution in [-0.4, -0.2) is 7.11 Å². The molecular formula is C15H15BrClNO. The molecule has 2 aromatic rings. The van der Waals surface area contributed by atoms with E-state index in [1.165, 1.54) is 0 Å². The fourth-order valence-corrected chi connectivity index (χ4v) is 2.45. The maximum atomic E-state index is 6.31. The zero-order valence-electron chi connectivity index (χ0n) is 10.8. The Morgan fingerprint density at radius 3 is 2.53 bits per heavy atom. The van der Waals surface area contributed by atoms with Gasteiger partial charge in [-0.3, -0.25) is 0 Å². The summed E-state index contributed by atoms with van der Waals surface area (Å²) in [5.41, 5.74) is 9.47. The lowest BCUT2D eigenvalue weighted by Gasteiger charge is -2.16. The minimum atomic E-state index is -0.198. The average molecular weight is 341 g/mol. The second kappa shape index (κ2) is 5.95. The van der Waals surface area contributed by atoms with E-state index in [1.54, 1.807) is 7.11 Å². The first kappa shape index (κ1) is 14.4. The molecule has 0 saturated carbocycles. The molecule has 0 aliphatic rings. The summed E-state index contributed by atoms with van der Waals surface area (Å²) < 4.78 is 6.07. The van der Waals surface area contributed by atoms with Crippen LogP contribution in [0.3, 0.4) is 0 Å². The van der Waals surface area contributed by atoms with Crippen molar-refractivity contribution in [1.82, 2.24) is 0 Å². The van der Waals surface area contributed by atoms with Crippen molar-refractivity contribution in [1.29, 1.82) is 0 Å². The lowest BCUT2D eigenvalue weighted by molar-refractivity contribution is 0.414. The molecule has 1 atom stereocenters. The Kier molecular flexibility index (Phi) is 4.50. The van der Waals surface area contributed by atoms with E-state index >= 15 is 0 Å².